The van der Waals surface area contributed by atoms with Crippen LogP contribution in [0.15, 0.2) is 78.9 Å². The van der Waals surface area contributed by atoms with E-state index in [4.69, 9.17) is 0 Å². The summed E-state index contributed by atoms with van der Waals surface area (Å²) in [5.41, 5.74) is 1.40. The van der Waals surface area contributed by atoms with Gasteiger partial charge in [0.05, 0.1) is 0 Å². The van der Waals surface area contributed by atoms with Crippen molar-refractivity contribution in [2.75, 3.05) is 0 Å². The van der Waals surface area contributed by atoms with Crippen LogP contribution in [0.4, 0.5) is 0 Å². The van der Waals surface area contributed by atoms with Crippen molar-refractivity contribution < 1.29 is 0 Å². The normalized spacial score (nSPS) is 10.8. The Morgan fingerprint density at radius 3 is 1.71 bits per heavy atom. The quantitative estimate of drug-likeness (QED) is 0.451. The molecule has 0 spiro atoms. The second-order valence-corrected chi connectivity index (χ2v) is 8.24. The highest BCUT2D eigenvalue weighted by molar-refractivity contribution is 14.1. The maximum atomic E-state index is 2.43. The second kappa shape index (κ2) is 6.72. The highest BCUT2D eigenvalue weighted by atomic mass is 127. The minimum absolute atomic E-state index is 0.488. The standard InChI is InChI=1S/C19H16IP/c1-15-18(20)13-8-14-19(15)21(16-9-4-2-5-10-16)17-11-6-3-7-12-17/h2-14H,1H3. The lowest BCUT2D eigenvalue weighted by molar-refractivity contribution is 1.47. The molecule has 0 heterocycles. The van der Waals surface area contributed by atoms with E-state index in [-0.39, 0.29) is 0 Å². The Hall–Kier alpha value is -1.18. The van der Waals surface area contributed by atoms with Crippen molar-refractivity contribution in [1.82, 2.24) is 0 Å². The van der Waals surface area contributed by atoms with Crippen LogP contribution >= 0.6 is 30.5 Å². The fourth-order valence-electron chi connectivity index (χ4n) is 2.42. The van der Waals surface area contributed by atoms with Crippen molar-refractivity contribution in [3.05, 3.63) is 88.0 Å². The molecule has 0 radical (unpaired) electrons. The van der Waals surface area contributed by atoms with Crippen LogP contribution in [0.1, 0.15) is 5.56 Å². The predicted molar refractivity (Wildman–Crippen MR) is 103 cm³/mol. The molecule has 21 heavy (non-hydrogen) atoms. The van der Waals surface area contributed by atoms with Crippen LogP contribution in [-0.2, 0) is 0 Å². The molecule has 0 atom stereocenters. The summed E-state index contributed by atoms with van der Waals surface area (Å²) >= 11 is 2.43. The van der Waals surface area contributed by atoms with Crippen molar-refractivity contribution in [3.8, 4) is 0 Å². The third-order valence-electron chi connectivity index (χ3n) is 3.51. The molecule has 2 heteroatoms. The van der Waals surface area contributed by atoms with Crippen molar-refractivity contribution in [3.63, 3.8) is 0 Å². The SMILES string of the molecule is Cc1c(I)cccc1P(c1ccccc1)c1ccccc1. The first kappa shape index (κ1) is 14.7. The third kappa shape index (κ3) is 3.20. The molecule has 104 valence electrons. The number of halogens is 1. The topological polar surface area (TPSA) is 0 Å². The summed E-state index contributed by atoms with van der Waals surface area (Å²) in [6.45, 7) is 2.23. The van der Waals surface area contributed by atoms with Crippen molar-refractivity contribution in [2.24, 2.45) is 0 Å². The first-order valence-electron chi connectivity index (χ1n) is 6.93. The number of hydrogen-bond acceptors (Lipinski definition) is 0. The fourth-order valence-corrected chi connectivity index (χ4v) is 5.62. The lowest BCUT2D eigenvalue weighted by atomic mass is 10.2. The van der Waals surface area contributed by atoms with Crippen LogP contribution in [0.3, 0.4) is 0 Å². The molecule has 0 unspecified atom stereocenters. The van der Waals surface area contributed by atoms with E-state index < -0.39 is 7.92 Å². The van der Waals surface area contributed by atoms with Crippen LogP contribution in [0.5, 0.6) is 0 Å². The van der Waals surface area contributed by atoms with Gasteiger partial charge in [0.25, 0.3) is 0 Å². The van der Waals surface area contributed by atoms with E-state index in [1.54, 1.807) is 0 Å². The minimum atomic E-state index is -0.488. The molecular formula is C19H16IP. The highest BCUT2D eigenvalue weighted by Crippen LogP contribution is 2.34. The van der Waals surface area contributed by atoms with Crippen molar-refractivity contribution >= 4 is 46.4 Å². The van der Waals surface area contributed by atoms with Gasteiger partial charge in [-0.25, -0.2) is 0 Å². The van der Waals surface area contributed by atoms with Crippen molar-refractivity contribution in [2.45, 2.75) is 6.92 Å². The average molecular weight is 402 g/mol. The molecule has 0 aliphatic heterocycles. The molecular weight excluding hydrogens is 386 g/mol. The lowest BCUT2D eigenvalue weighted by Gasteiger charge is -2.21. The maximum Gasteiger partial charge on any atom is 0.0166 e. The summed E-state index contributed by atoms with van der Waals surface area (Å²) in [5, 5.41) is 4.27. The van der Waals surface area contributed by atoms with Gasteiger partial charge in [0.2, 0.25) is 0 Å². The van der Waals surface area contributed by atoms with E-state index in [9.17, 15) is 0 Å². The molecule has 3 aromatic carbocycles. The Morgan fingerprint density at radius 2 is 1.19 bits per heavy atom. The van der Waals surface area contributed by atoms with Gasteiger partial charge >= 0.3 is 0 Å². The summed E-state index contributed by atoms with van der Waals surface area (Å²) in [6, 6.07) is 28.3. The zero-order chi connectivity index (χ0) is 14.7. The van der Waals surface area contributed by atoms with E-state index in [0.717, 1.165) is 0 Å². The Bertz CT molecular complexity index is 684. The monoisotopic (exact) mass is 402 g/mol. The Labute approximate surface area is 141 Å². The largest absolute Gasteiger partial charge is 0.0622 e. The van der Waals surface area contributed by atoms with Gasteiger partial charge < -0.3 is 0 Å². The van der Waals surface area contributed by atoms with Gasteiger partial charge in [0.15, 0.2) is 0 Å². The summed E-state index contributed by atoms with van der Waals surface area (Å²) < 4.78 is 1.34. The van der Waals surface area contributed by atoms with E-state index >= 15 is 0 Å². The van der Waals surface area contributed by atoms with Gasteiger partial charge in [-0.05, 0) is 65.0 Å². The molecule has 0 saturated heterocycles. The first-order valence-corrected chi connectivity index (χ1v) is 9.35. The molecule has 0 fully saturated rings. The van der Waals surface area contributed by atoms with Crippen LogP contribution in [0, 0.1) is 10.5 Å². The Kier molecular flexibility index (Phi) is 4.72. The highest BCUT2D eigenvalue weighted by Gasteiger charge is 2.18. The molecule has 0 N–H and O–H groups in total. The number of hydrogen-bond donors (Lipinski definition) is 0. The maximum absolute atomic E-state index is 2.43. The molecule has 0 saturated carbocycles. The van der Waals surface area contributed by atoms with Crippen LogP contribution in [0.2, 0.25) is 0 Å². The van der Waals surface area contributed by atoms with E-state index in [1.807, 2.05) is 0 Å². The summed E-state index contributed by atoms with van der Waals surface area (Å²) in [7, 11) is -0.488. The Morgan fingerprint density at radius 1 is 0.667 bits per heavy atom. The lowest BCUT2D eigenvalue weighted by Crippen LogP contribution is -2.22. The van der Waals surface area contributed by atoms with Crippen LogP contribution in [-0.4, -0.2) is 0 Å². The fraction of sp³-hybridized carbons (Fsp3) is 0.0526. The average Bonchev–Trinajstić information content (AvgIpc) is 2.54. The van der Waals surface area contributed by atoms with Crippen molar-refractivity contribution in [1.29, 1.82) is 0 Å². The second-order valence-electron chi connectivity index (χ2n) is 4.89. The van der Waals surface area contributed by atoms with E-state index in [2.05, 4.69) is 108 Å². The molecule has 0 amide bonds. The summed E-state index contributed by atoms with van der Waals surface area (Å²) in [5.74, 6) is 0. The van der Waals surface area contributed by atoms with Gasteiger partial charge in [-0.3, -0.25) is 0 Å². The zero-order valence-electron chi connectivity index (χ0n) is 11.8. The van der Waals surface area contributed by atoms with E-state index in [1.165, 1.54) is 25.0 Å². The van der Waals surface area contributed by atoms with Gasteiger partial charge in [-0.1, -0.05) is 72.8 Å². The first-order chi connectivity index (χ1) is 10.3. The summed E-state index contributed by atoms with van der Waals surface area (Å²) in [6.07, 6.45) is 0. The van der Waals surface area contributed by atoms with Gasteiger partial charge in [0, 0.05) is 3.57 Å². The molecule has 0 nitrogen and oxygen atoms in total. The number of benzene rings is 3. The molecule has 0 aromatic heterocycles. The molecule has 0 aliphatic carbocycles. The van der Waals surface area contributed by atoms with Gasteiger partial charge in [-0.15, -0.1) is 0 Å². The van der Waals surface area contributed by atoms with Gasteiger partial charge in [0.1, 0.15) is 0 Å². The molecule has 0 bridgehead atoms. The summed E-state index contributed by atoms with van der Waals surface area (Å²) in [4.78, 5) is 0. The third-order valence-corrected chi connectivity index (χ3v) is 7.27. The van der Waals surface area contributed by atoms with E-state index in [0.29, 0.717) is 0 Å². The predicted octanol–water partition coefficient (Wildman–Crippen LogP) is 4.36. The Balaban J connectivity index is 2.20. The molecule has 3 rings (SSSR count). The van der Waals surface area contributed by atoms with Gasteiger partial charge in [-0.2, -0.15) is 0 Å². The van der Waals surface area contributed by atoms with Crippen LogP contribution < -0.4 is 15.9 Å². The minimum Gasteiger partial charge on any atom is -0.0622 e. The molecule has 0 aliphatic rings. The van der Waals surface area contributed by atoms with Crippen LogP contribution in [0.25, 0.3) is 0 Å². The smallest absolute Gasteiger partial charge is 0.0166 e. The number of rotatable bonds is 3. The molecule has 3 aromatic rings. The zero-order valence-corrected chi connectivity index (χ0v) is 14.9.